The van der Waals surface area contributed by atoms with E-state index in [9.17, 15) is 9.59 Å². The number of benzene rings is 1. The summed E-state index contributed by atoms with van der Waals surface area (Å²) in [4.78, 5) is 34.7. The third-order valence-electron chi connectivity index (χ3n) is 4.53. The lowest BCUT2D eigenvalue weighted by molar-refractivity contribution is -0.136. The van der Waals surface area contributed by atoms with E-state index in [2.05, 4.69) is 25.5 Å². The SMILES string of the molecule is COc1cccc(NC(=O)C(=O)NCC2CCN(c3ncccn3)CC2)c1. The number of carbonyl (C=O) groups excluding carboxylic acids is 2. The van der Waals surface area contributed by atoms with Crippen molar-refractivity contribution in [2.24, 2.45) is 5.92 Å². The number of nitrogens with one attached hydrogen (secondary N) is 2. The Balaban J connectivity index is 1.42. The molecule has 0 unspecified atom stereocenters. The maximum absolute atomic E-state index is 12.0. The van der Waals surface area contributed by atoms with Crippen molar-refractivity contribution in [3.05, 3.63) is 42.7 Å². The fourth-order valence-electron chi connectivity index (χ4n) is 3.00. The number of methoxy groups -OCH3 is 1. The molecule has 0 radical (unpaired) electrons. The Labute approximate surface area is 158 Å². The van der Waals surface area contributed by atoms with Crippen LogP contribution in [0.2, 0.25) is 0 Å². The van der Waals surface area contributed by atoms with Crippen LogP contribution >= 0.6 is 0 Å². The van der Waals surface area contributed by atoms with Gasteiger partial charge in [0, 0.05) is 43.8 Å². The highest BCUT2D eigenvalue weighted by Gasteiger charge is 2.22. The van der Waals surface area contributed by atoms with Crippen LogP contribution < -0.4 is 20.3 Å². The summed E-state index contributed by atoms with van der Waals surface area (Å²) in [6, 6.07) is 8.67. The van der Waals surface area contributed by atoms with Crippen LogP contribution in [0.5, 0.6) is 5.75 Å². The van der Waals surface area contributed by atoms with Crippen molar-refractivity contribution in [3.63, 3.8) is 0 Å². The van der Waals surface area contributed by atoms with Crippen molar-refractivity contribution in [3.8, 4) is 5.75 Å². The molecular weight excluding hydrogens is 346 g/mol. The fourth-order valence-corrected chi connectivity index (χ4v) is 3.00. The van der Waals surface area contributed by atoms with Gasteiger partial charge in [0.25, 0.3) is 0 Å². The minimum absolute atomic E-state index is 0.332. The number of amides is 2. The first kappa shape index (κ1) is 18.6. The van der Waals surface area contributed by atoms with Gasteiger partial charge in [0.05, 0.1) is 7.11 Å². The topological polar surface area (TPSA) is 96.4 Å². The number of nitrogens with zero attached hydrogens (tertiary/aromatic N) is 3. The van der Waals surface area contributed by atoms with Gasteiger partial charge in [-0.1, -0.05) is 6.07 Å². The molecule has 27 heavy (non-hydrogen) atoms. The Kier molecular flexibility index (Phi) is 6.19. The summed E-state index contributed by atoms with van der Waals surface area (Å²) in [7, 11) is 1.54. The van der Waals surface area contributed by atoms with E-state index in [0.717, 1.165) is 31.9 Å². The predicted molar refractivity (Wildman–Crippen MR) is 102 cm³/mol. The van der Waals surface area contributed by atoms with Crippen LogP contribution in [-0.4, -0.2) is 48.5 Å². The van der Waals surface area contributed by atoms with Gasteiger partial charge >= 0.3 is 11.8 Å². The number of piperidine rings is 1. The molecular formula is C19H23N5O3. The molecule has 0 aliphatic carbocycles. The Morgan fingerprint density at radius 3 is 2.59 bits per heavy atom. The highest BCUT2D eigenvalue weighted by atomic mass is 16.5. The molecule has 0 atom stereocenters. The maximum atomic E-state index is 12.0. The largest absolute Gasteiger partial charge is 0.497 e. The Morgan fingerprint density at radius 2 is 1.89 bits per heavy atom. The first-order chi connectivity index (χ1) is 13.2. The summed E-state index contributed by atoms with van der Waals surface area (Å²) in [6.45, 7) is 2.15. The molecule has 1 fully saturated rings. The average Bonchev–Trinajstić information content (AvgIpc) is 2.73. The van der Waals surface area contributed by atoms with Crippen molar-refractivity contribution >= 4 is 23.5 Å². The summed E-state index contributed by atoms with van der Waals surface area (Å²) >= 11 is 0. The third kappa shape index (κ3) is 5.16. The third-order valence-corrected chi connectivity index (χ3v) is 4.53. The fraction of sp³-hybridized carbons (Fsp3) is 0.368. The molecule has 8 heteroatoms. The minimum atomic E-state index is -0.682. The quantitative estimate of drug-likeness (QED) is 0.775. The van der Waals surface area contributed by atoms with E-state index in [1.54, 1.807) is 49.8 Å². The van der Waals surface area contributed by atoms with Crippen molar-refractivity contribution in [2.75, 3.05) is 37.0 Å². The van der Waals surface area contributed by atoms with Crippen molar-refractivity contribution in [1.82, 2.24) is 15.3 Å². The van der Waals surface area contributed by atoms with E-state index in [1.165, 1.54) is 0 Å². The molecule has 1 aliphatic heterocycles. The number of aromatic nitrogens is 2. The van der Waals surface area contributed by atoms with E-state index in [1.807, 2.05) is 0 Å². The normalized spacial score (nSPS) is 14.5. The zero-order chi connectivity index (χ0) is 19.1. The zero-order valence-corrected chi connectivity index (χ0v) is 15.2. The Hall–Kier alpha value is -3.16. The number of carbonyl (C=O) groups is 2. The van der Waals surface area contributed by atoms with Crippen LogP contribution in [-0.2, 0) is 9.59 Å². The van der Waals surface area contributed by atoms with Gasteiger partial charge < -0.3 is 20.3 Å². The van der Waals surface area contributed by atoms with Crippen molar-refractivity contribution < 1.29 is 14.3 Å². The van der Waals surface area contributed by atoms with Gasteiger partial charge in [0.2, 0.25) is 5.95 Å². The molecule has 2 heterocycles. The highest BCUT2D eigenvalue weighted by Crippen LogP contribution is 2.20. The second-order valence-corrected chi connectivity index (χ2v) is 6.38. The molecule has 2 aromatic rings. The van der Waals surface area contributed by atoms with E-state index < -0.39 is 11.8 Å². The average molecular weight is 369 g/mol. The molecule has 1 aromatic heterocycles. The van der Waals surface area contributed by atoms with Gasteiger partial charge in [-0.15, -0.1) is 0 Å². The molecule has 2 N–H and O–H groups in total. The lowest BCUT2D eigenvalue weighted by Gasteiger charge is -2.31. The van der Waals surface area contributed by atoms with Gasteiger partial charge in [-0.3, -0.25) is 9.59 Å². The van der Waals surface area contributed by atoms with Gasteiger partial charge in [-0.25, -0.2) is 9.97 Å². The van der Waals surface area contributed by atoms with Crippen LogP contribution in [0.25, 0.3) is 0 Å². The molecule has 1 aromatic carbocycles. The molecule has 1 saturated heterocycles. The summed E-state index contributed by atoms with van der Waals surface area (Å²) in [5.41, 5.74) is 0.519. The smallest absolute Gasteiger partial charge is 0.313 e. The van der Waals surface area contributed by atoms with Crippen molar-refractivity contribution in [2.45, 2.75) is 12.8 Å². The molecule has 2 amide bonds. The van der Waals surface area contributed by atoms with E-state index >= 15 is 0 Å². The van der Waals surface area contributed by atoms with Crippen LogP contribution in [0.15, 0.2) is 42.7 Å². The first-order valence-electron chi connectivity index (χ1n) is 8.91. The van der Waals surface area contributed by atoms with Crippen LogP contribution in [0.4, 0.5) is 11.6 Å². The number of ether oxygens (including phenoxy) is 1. The lowest BCUT2D eigenvalue weighted by atomic mass is 9.97. The van der Waals surface area contributed by atoms with Gasteiger partial charge in [0.15, 0.2) is 0 Å². The first-order valence-corrected chi connectivity index (χ1v) is 8.91. The molecule has 142 valence electrons. The molecule has 0 bridgehead atoms. The van der Waals surface area contributed by atoms with Crippen LogP contribution in [0.3, 0.4) is 0 Å². The van der Waals surface area contributed by atoms with E-state index in [0.29, 0.717) is 23.9 Å². The van der Waals surface area contributed by atoms with Crippen molar-refractivity contribution in [1.29, 1.82) is 0 Å². The molecule has 1 aliphatic rings. The van der Waals surface area contributed by atoms with Crippen LogP contribution in [0, 0.1) is 5.92 Å². The summed E-state index contributed by atoms with van der Waals surface area (Å²) in [5.74, 6) is 0.364. The zero-order valence-electron chi connectivity index (χ0n) is 15.2. The predicted octanol–water partition coefficient (Wildman–Crippen LogP) is 1.46. The number of rotatable bonds is 5. The minimum Gasteiger partial charge on any atom is -0.497 e. The van der Waals surface area contributed by atoms with Gasteiger partial charge in [0.1, 0.15) is 5.75 Å². The highest BCUT2D eigenvalue weighted by molar-refractivity contribution is 6.39. The lowest BCUT2D eigenvalue weighted by Crippen LogP contribution is -2.42. The standard InChI is InChI=1S/C19H23N5O3/c1-27-16-5-2-4-15(12-16)23-18(26)17(25)22-13-14-6-10-24(11-7-14)19-20-8-3-9-21-19/h2-5,8-9,12,14H,6-7,10-11,13H2,1H3,(H,22,25)(H,23,26). The molecule has 3 rings (SSSR count). The monoisotopic (exact) mass is 369 g/mol. The van der Waals surface area contributed by atoms with Gasteiger partial charge in [-0.2, -0.15) is 0 Å². The number of hydrogen-bond acceptors (Lipinski definition) is 6. The Morgan fingerprint density at radius 1 is 1.15 bits per heavy atom. The second kappa shape index (κ2) is 8.98. The number of hydrogen-bond donors (Lipinski definition) is 2. The Bertz CT molecular complexity index is 776. The maximum Gasteiger partial charge on any atom is 0.313 e. The van der Waals surface area contributed by atoms with E-state index in [4.69, 9.17) is 4.74 Å². The summed E-state index contributed by atoms with van der Waals surface area (Å²) in [5, 5.41) is 5.30. The second-order valence-electron chi connectivity index (χ2n) is 6.38. The molecule has 8 nitrogen and oxygen atoms in total. The van der Waals surface area contributed by atoms with E-state index in [-0.39, 0.29) is 0 Å². The number of anilines is 2. The summed E-state index contributed by atoms with van der Waals surface area (Å²) in [6.07, 6.45) is 5.29. The van der Waals surface area contributed by atoms with Gasteiger partial charge in [-0.05, 0) is 37.0 Å². The summed E-state index contributed by atoms with van der Waals surface area (Å²) < 4.78 is 5.10. The molecule has 0 spiro atoms. The van der Waals surface area contributed by atoms with Crippen LogP contribution in [0.1, 0.15) is 12.8 Å². The molecule has 0 saturated carbocycles.